The summed E-state index contributed by atoms with van der Waals surface area (Å²) in [5, 5.41) is 3.60. The molecule has 0 unspecified atom stereocenters. The molecule has 0 aliphatic heterocycles. The topological polar surface area (TPSA) is 24.9 Å². The van der Waals surface area contributed by atoms with Crippen molar-refractivity contribution in [3.8, 4) is 0 Å². The SMILES string of the molecule is CNc1c(C)c(C(F)(F)F)nc2cc(C)c(Br)c(C)c12. The van der Waals surface area contributed by atoms with Crippen LogP contribution in [-0.4, -0.2) is 12.0 Å². The summed E-state index contributed by atoms with van der Waals surface area (Å²) in [6.45, 7) is 5.15. The van der Waals surface area contributed by atoms with Gasteiger partial charge in [0, 0.05) is 28.2 Å². The summed E-state index contributed by atoms with van der Waals surface area (Å²) >= 11 is 3.47. The molecule has 0 bridgehead atoms. The minimum atomic E-state index is -4.46. The lowest BCUT2D eigenvalue weighted by Gasteiger charge is -2.18. The third kappa shape index (κ3) is 2.26. The number of anilines is 1. The van der Waals surface area contributed by atoms with Gasteiger partial charge in [-0.3, -0.25) is 0 Å². The monoisotopic (exact) mass is 346 g/mol. The Morgan fingerprint density at radius 2 is 1.75 bits per heavy atom. The van der Waals surface area contributed by atoms with Crippen molar-refractivity contribution in [1.82, 2.24) is 4.98 Å². The van der Waals surface area contributed by atoms with Crippen molar-refractivity contribution >= 4 is 32.5 Å². The molecule has 1 heterocycles. The number of benzene rings is 1. The van der Waals surface area contributed by atoms with E-state index in [4.69, 9.17) is 0 Å². The second-order valence-corrected chi connectivity index (χ2v) is 5.53. The molecule has 2 nitrogen and oxygen atoms in total. The first-order chi connectivity index (χ1) is 9.18. The fraction of sp³-hybridized carbons (Fsp3) is 0.357. The van der Waals surface area contributed by atoms with E-state index in [0.717, 1.165) is 21.0 Å². The summed E-state index contributed by atoms with van der Waals surface area (Å²) in [4.78, 5) is 3.83. The number of aromatic nitrogens is 1. The van der Waals surface area contributed by atoms with Gasteiger partial charge in [0.25, 0.3) is 0 Å². The van der Waals surface area contributed by atoms with Gasteiger partial charge in [-0.25, -0.2) is 4.98 Å². The zero-order valence-corrected chi connectivity index (χ0v) is 13.1. The van der Waals surface area contributed by atoms with Gasteiger partial charge in [-0.1, -0.05) is 15.9 Å². The number of hydrogen-bond acceptors (Lipinski definition) is 2. The van der Waals surface area contributed by atoms with Gasteiger partial charge in [0.15, 0.2) is 0 Å². The molecule has 0 aliphatic carbocycles. The first-order valence-corrected chi connectivity index (χ1v) is 6.82. The summed E-state index contributed by atoms with van der Waals surface area (Å²) in [7, 11) is 1.62. The number of hydrogen-bond donors (Lipinski definition) is 1. The van der Waals surface area contributed by atoms with Crippen LogP contribution in [-0.2, 0) is 6.18 Å². The zero-order chi connectivity index (χ0) is 15.2. The van der Waals surface area contributed by atoms with E-state index in [2.05, 4.69) is 26.2 Å². The smallest absolute Gasteiger partial charge is 0.387 e. The first kappa shape index (κ1) is 15.1. The van der Waals surface area contributed by atoms with Gasteiger partial charge in [-0.15, -0.1) is 0 Å². The van der Waals surface area contributed by atoms with Crippen molar-refractivity contribution in [3.05, 3.63) is 32.9 Å². The molecule has 0 fully saturated rings. The lowest BCUT2D eigenvalue weighted by atomic mass is 10.0. The van der Waals surface area contributed by atoms with Crippen LogP contribution in [0.2, 0.25) is 0 Å². The fourth-order valence-electron chi connectivity index (χ4n) is 2.44. The maximum atomic E-state index is 13.1. The average Bonchev–Trinajstić information content (AvgIpc) is 2.35. The Hall–Kier alpha value is -1.30. The first-order valence-electron chi connectivity index (χ1n) is 6.03. The molecule has 1 aromatic heterocycles. The number of nitrogens with one attached hydrogen (secondary N) is 1. The molecule has 0 spiro atoms. The van der Waals surface area contributed by atoms with Crippen LogP contribution in [0.15, 0.2) is 10.5 Å². The lowest BCUT2D eigenvalue weighted by Crippen LogP contribution is -2.13. The van der Waals surface area contributed by atoms with Crippen LogP contribution in [0.1, 0.15) is 22.4 Å². The number of halogens is 4. The average molecular weight is 347 g/mol. The Balaban J connectivity index is 3.00. The maximum Gasteiger partial charge on any atom is 0.433 e. The Morgan fingerprint density at radius 1 is 1.15 bits per heavy atom. The summed E-state index contributed by atoms with van der Waals surface area (Å²) in [5.74, 6) is 0. The highest BCUT2D eigenvalue weighted by Gasteiger charge is 2.36. The molecule has 0 radical (unpaired) electrons. The van der Waals surface area contributed by atoms with Crippen LogP contribution in [0.4, 0.5) is 18.9 Å². The van der Waals surface area contributed by atoms with Gasteiger partial charge in [0.05, 0.1) is 5.52 Å². The van der Waals surface area contributed by atoms with Gasteiger partial charge in [0.2, 0.25) is 0 Å². The number of alkyl halides is 3. The molecule has 6 heteroatoms. The minimum absolute atomic E-state index is 0.117. The minimum Gasteiger partial charge on any atom is -0.387 e. The van der Waals surface area contributed by atoms with Gasteiger partial charge in [-0.2, -0.15) is 13.2 Å². The van der Waals surface area contributed by atoms with Gasteiger partial charge in [0.1, 0.15) is 5.69 Å². The van der Waals surface area contributed by atoms with E-state index >= 15 is 0 Å². The normalized spacial score (nSPS) is 12.0. The Labute approximate surface area is 123 Å². The van der Waals surface area contributed by atoms with Crippen molar-refractivity contribution in [2.24, 2.45) is 0 Å². The van der Waals surface area contributed by atoms with E-state index in [9.17, 15) is 13.2 Å². The largest absolute Gasteiger partial charge is 0.433 e. The highest BCUT2D eigenvalue weighted by Crippen LogP contribution is 2.40. The third-order valence-corrected chi connectivity index (χ3v) is 4.61. The molecule has 1 N–H and O–H groups in total. The van der Waals surface area contributed by atoms with Crippen molar-refractivity contribution in [2.45, 2.75) is 26.9 Å². The van der Waals surface area contributed by atoms with Crippen LogP contribution in [0.25, 0.3) is 10.9 Å². The fourth-order valence-corrected chi connectivity index (χ4v) is 2.75. The maximum absolute atomic E-state index is 13.1. The van der Waals surface area contributed by atoms with Crippen LogP contribution < -0.4 is 5.32 Å². The van der Waals surface area contributed by atoms with Crippen molar-refractivity contribution in [2.75, 3.05) is 12.4 Å². The Morgan fingerprint density at radius 3 is 2.25 bits per heavy atom. The molecule has 1 aromatic carbocycles. The van der Waals surface area contributed by atoms with Crippen molar-refractivity contribution < 1.29 is 13.2 Å². The molecule has 0 saturated heterocycles. The zero-order valence-electron chi connectivity index (χ0n) is 11.5. The third-order valence-electron chi connectivity index (χ3n) is 3.39. The standard InChI is InChI=1S/C14H14BrF3N2/c1-6-5-9-10(7(2)11(6)15)12(19-4)8(3)13(20-9)14(16,17)18/h5H,1-4H3,(H,19,20). The second-order valence-electron chi connectivity index (χ2n) is 4.73. The quantitative estimate of drug-likeness (QED) is 0.787. The number of fused-ring (bicyclic) bond motifs is 1. The van der Waals surface area contributed by atoms with E-state index in [-0.39, 0.29) is 5.56 Å². The van der Waals surface area contributed by atoms with E-state index in [1.54, 1.807) is 13.1 Å². The predicted molar refractivity (Wildman–Crippen MR) is 78.2 cm³/mol. The molecule has 0 saturated carbocycles. The molecule has 2 aromatic rings. The summed E-state index contributed by atoms with van der Waals surface area (Å²) in [6, 6.07) is 1.67. The van der Waals surface area contributed by atoms with Gasteiger partial charge in [-0.05, 0) is 38.0 Å². The van der Waals surface area contributed by atoms with Crippen molar-refractivity contribution in [3.63, 3.8) is 0 Å². The summed E-state index contributed by atoms with van der Waals surface area (Å²) in [6.07, 6.45) is -4.46. The number of rotatable bonds is 1. The van der Waals surface area contributed by atoms with Gasteiger partial charge >= 0.3 is 6.18 Å². The van der Waals surface area contributed by atoms with Crippen LogP contribution in [0.3, 0.4) is 0 Å². The van der Waals surface area contributed by atoms with Crippen LogP contribution in [0, 0.1) is 20.8 Å². The molecule has 20 heavy (non-hydrogen) atoms. The molecular weight excluding hydrogens is 333 g/mol. The number of pyridine rings is 1. The summed E-state index contributed by atoms with van der Waals surface area (Å²) < 4.78 is 40.1. The molecule has 108 valence electrons. The van der Waals surface area contributed by atoms with Gasteiger partial charge < -0.3 is 5.32 Å². The summed E-state index contributed by atoms with van der Waals surface area (Å²) in [5.41, 5.74) is 1.85. The number of nitrogens with zero attached hydrogens (tertiary/aromatic N) is 1. The highest BCUT2D eigenvalue weighted by molar-refractivity contribution is 9.10. The second kappa shape index (κ2) is 4.91. The molecule has 0 amide bonds. The van der Waals surface area contributed by atoms with Crippen molar-refractivity contribution in [1.29, 1.82) is 0 Å². The molecule has 0 aliphatic rings. The molecular formula is C14H14BrF3N2. The highest BCUT2D eigenvalue weighted by atomic mass is 79.9. The molecule has 2 rings (SSSR count). The molecule has 0 atom stereocenters. The number of aryl methyl sites for hydroxylation is 2. The predicted octanol–water partition coefficient (Wildman–Crippen LogP) is 4.98. The van der Waals surface area contributed by atoms with E-state index < -0.39 is 11.9 Å². The van der Waals surface area contributed by atoms with Crippen LogP contribution in [0.5, 0.6) is 0 Å². The Bertz CT molecular complexity index is 693. The van der Waals surface area contributed by atoms with Crippen LogP contribution >= 0.6 is 15.9 Å². The Kier molecular flexibility index (Phi) is 3.71. The van der Waals surface area contributed by atoms with E-state index in [0.29, 0.717) is 11.2 Å². The van der Waals surface area contributed by atoms with E-state index in [1.807, 2.05) is 13.8 Å². The van der Waals surface area contributed by atoms with E-state index in [1.165, 1.54) is 6.92 Å². The lowest BCUT2D eigenvalue weighted by molar-refractivity contribution is -0.141.